The van der Waals surface area contributed by atoms with Gasteiger partial charge in [-0.15, -0.1) is 0 Å². The van der Waals surface area contributed by atoms with Gasteiger partial charge in [0.05, 0.1) is 9.26 Å². The molecule has 0 unspecified atom stereocenters. The van der Waals surface area contributed by atoms with E-state index in [-0.39, 0.29) is 5.82 Å². The second-order valence-electron chi connectivity index (χ2n) is 2.87. The second-order valence-corrected chi connectivity index (χ2v) is 3.95. The first kappa shape index (κ1) is 10.3. The van der Waals surface area contributed by atoms with Crippen molar-refractivity contribution in [1.82, 2.24) is 19.8 Å². The number of benzene rings is 1. The van der Waals surface area contributed by atoms with Crippen molar-refractivity contribution in [1.29, 1.82) is 0 Å². The van der Waals surface area contributed by atoms with Gasteiger partial charge in [0.25, 0.3) is 0 Å². The predicted molar refractivity (Wildman–Crippen MR) is 59.3 cm³/mol. The lowest BCUT2D eigenvalue weighted by Gasteiger charge is -2.01. The summed E-state index contributed by atoms with van der Waals surface area (Å²) in [5, 5.41) is 7.19. The summed E-state index contributed by atoms with van der Waals surface area (Å²) in [7, 11) is 1.48. The molecule has 2 aromatic rings. The molecule has 0 N–H and O–H groups in total. The number of hydrogen-bond acceptors (Lipinski definition) is 3. The van der Waals surface area contributed by atoms with E-state index in [9.17, 15) is 9.18 Å². The smallest absolute Gasteiger partial charge is 0.244 e. The maximum atomic E-state index is 13.2. The Bertz CT molecular complexity index is 562. The van der Waals surface area contributed by atoms with E-state index >= 15 is 0 Å². The van der Waals surface area contributed by atoms with Gasteiger partial charge in [0.15, 0.2) is 0 Å². The van der Waals surface area contributed by atoms with Crippen LogP contribution in [0.15, 0.2) is 23.0 Å². The van der Waals surface area contributed by atoms with Gasteiger partial charge in [-0.25, -0.2) is 9.18 Å². The van der Waals surface area contributed by atoms with Gasteiger partial charge in [-0.2, -0.15) is 9.36 Å². The fraction of sp³-hybridized carbons (Fsp3) is 0.125. The van der Waals surface area contributed by atoms with Crippen LogP contribution in [0.4, 0.5) is 4.39 Å². The quantitative estimate of drug-likeness (QED) is 0.727. The van der Waals surface area contributed by atoms with Gasteiger partial charge < -0.3 is 0 Å². The van der Waals surface area contributed by atoms with Crippen LogP contribution in [-0.2, 0) is 7.05 Å². The van der Waals surface area contributed by atoms with Crippen molar-refractivity contribution in [3.63, 3.8) is 0 Å². The van der Waals surface area contributed by atoms with Crippen LogP contribution in [0.3, 0.4) is 0 Å². The minimum absolute atomic E-state index is 0.345. The van der Waals surface area contributed by atoms with Gasteiger partial charge in [-0.05, 0) is 45.2 Å². The lowest BCUT2D eigenvalue weighted by Crippen LogP contribution is -2.22. The Morgan fingerprint density at radius 1 is 1.40 bits per heavy atom. The first-order chi connectivity index (χ1) is 7.11. The molecule has 0 saturated carbocycles. The first-order valence-electron chi connectivity index (χ1n) is 4.04. The van der Waals surface area contributed by atoms with Crippen molar-refractivity contribution >= 4 is 22.6 Å². The molecule has 1 heterocycles. The number of rotatable bonds is 1. The number of nitrogens with zero attached hydrogens (tertiary/aromatic N) is 4. The van der Waals surface area contributed by atoms with Crippen LogP contribution in [0.2, 0.25) is 0 Å². The molecule has 0 fully saturated rings. The average molecular weight is 320 g/mol. The molecule has 1 aromatic heterocycles. The molecule has 0 atom stereocenters. The van der Waals surface area contributed by atoms with Crippen LogP contribution >= 0.6 is 22.6 Å². The van der Waals surface area contributed by atoms with Gasteiger partial charge in [-0.3, -0.25) is 0 Å². The summed E-state index contributed by atoms with van der Waals surface area (Å²) in [4.78, 5) is 11.5. The molecule has 2 rings (SSSR count). The molecule has 0 amide bonds. The van der Waals surface area contributed by atoms with Gasteiger partial charge in [0.1, 0.15) is 5.82 Å². The number of aryl methyl sites for hydroxylation is 1. The zero-order valence-corrected chi connectivity index (χ0v) is 9.84. The van der Waals surface area contributed by atoms with Gasteiger partial charge in [0.2, 0.25) is 0 Å². The highest BCUT2D eigenvalue weighted by Crippen LogP contribution is 2.17. The van der Waals surface area contributed by atoms with Gasteiger partial charge in [-0.1, -0.05) is 6.07 Å². The first-order valence-corrected chi connectivity index (χ1v) is 5.12. The molecule has 5 nitrogen and oxygen atoms in total. The largest absolute Gasteiger partial charge is 0.368 e. The SMILES string of the molecule is Cn1nnn(-c2cccc(F)c2I)c1=O. The van der Waals surface area contributed by atoms with Crippen LogP contribution in [0, 0.1) is 9.39 Å². The Kier molecular flexibility index (Phi) is 2.55. The number of halogens is 2. The lowest BCUT2D eigenvalue weighted by molar-refractivity contribution is 0.616. The van der Waals surface area contributed by atoms with E-state index in [2.05, 4.69) is 10.4 Å². The minimum atomic E-state index is -0.404. The maximum absolute atomic E-state index is 13.2. The zero-order valence-electron chi connectivity index (χ0n) is 7.69. The van der Waals surface area contributed by atoms with Crippen LogP contribution in [0.5, 0.6) is 0 Å². The van der Waals surface area contributed by atoms with Gasteiger partial charge in [0, 0.05) is 7.05 Å². The van der Waals surface area contributed by atoms with E-state index < -0.39 is 5.69 Å². The Labute approximate surface area is 97.6 Å². The highest BCUT2D eigenvalue weighted by Gasteiger charge is 2.11. The van der Waals surface area contributed by atoms with Crippen molar-refractivity contribution in [2.24, 2.45) is 7.05 Å². The van der Waals surface area contributed by atoms with E-state index in [0.29, 0.717) is 9.26 Å². The van der Waals surface area contributed by atoms with Crippen molar-refractivity contribution in [2.45, 2.75) is 0 Å². The molecule has 1 aromatic carbocycles. The molecule has 0 spiro atoms. The lowest BCUT2D eigenvalue weighted by atomic mass is 10.3. The van der Waals surface area contributed by atoms with Gasteiger partial charge >= 0.3 is 5.69 Å². The number of hydrogen-bond donors (Lipinski definition) is 0. The monoisotopic (exact) mass is 320 g/mol. The molecule has 0 aliphatic carbocycles. The van der Waals surface area contributed by atoms with E-state index in [1.54, 1.807) is 6.07 Å². The average Bonchev–Trinajstić information content (AvgIpc) is 2.53. The molecular weight excluding hydrogens is 314 g/mol. The Morgan fingerprint density at radius 3 is 2.73 bits per heavy atom. The summed E-state index contributed by atoms with van der Waals surface area (Å²) in [6, 6.07) is 4.46. The third-order valence-electron chi connectivity index (χ3n) is 1.88. The van der Waals surface area contributed by atoms with Crippen LogP contribution < -0.4 is 5.69 Å². The summed E-state index contributed by atoms with van der Waals surface area (Å²) in [6.07, 6.45) is 0. The van der Waals surface area contributed by atoms with Crippen molar-refractivity contribution < 1.29 is 4.39 Å². The Hall–Kier alpha value is -1.25. The maximum Gasteiger partial charge on any atom is 0.368 e. The Balaban J connectivity index is 2.70. The zero-order chi connectivity index (χ0) is 11.0. The Morgan fingerprint density at radius 2 is 2.13 bits per heavy atom. The second kappa shape index (κ2) is 3.72. The molecular formula is C8H6FIN4O. The van der Waals surface area contributed by atoms with E-state index in [4.69, 9.17) is 0 Å². The fourth-order valence-electron chi connectivity index (χ4n) is 1.12. The van der Waals surface area contributed by atoms with Crippen molar-refractivity contribution in [3.05, 3.63) is 38.1 Å². The van der Waals surface area contributed by atoms with E-state index in [1.807, 2.05) is 22.6 Å². The topological polar surface area (TPSA) is 52.7 Å². The van der Waals surface area contributed by atoms with Crippen LogP contribution in [0.25, 0.3) is 5.69 Å². The van der Waals surface area contributed by atoms with Crippen molar-refractivity contribution in [3.8, 4) is 5.69 Å². The van der Waals surface area contributed by atoms with Crippen molar-refractivity contribution in [2.75, 3.05) is 0 Å². The molecule has 7 heteroatoms. The minimum Gasteiger partial charge on any atom is -0.244 e. The normalized spacial score (nSPS) is 10.6. The third kappa shape index (κ3) is 1.66. The standard InChI is InChI=1S/C8H6FIN4O/c1-13-8(15)14(12-11-13)6-4-2-3-5(9)7(6)10/h2-4H,1H3. The summed E-state index contributed by atoms with van der Waals surface area (Å²) in [5.41, 5.74) is -0.00721. The third-order valence-corrected chi connectivity index (χ3v) is 2.95. The molecule has 0 aliphatic rings. The van der Waals surface area contributed by atoms with Crippen LogP contribution in [0.1, 0.15) is 0 Å². The number of aromatic nitrogens is 4. The fourth-order valence-corrected chi connectivity index (χ4v) is 1.71. The molecule has 0 bridgehead atoms. The summed E-state index contributed by atoms with van der Waals surface area (Å²) in [5.74, 6) is -0.384. The van der Waals surface area contributed by atoms with E-state index in [1.165, 1.54) is 19.2 Å². The molecule has 0 aliphatic heterocycles. The van der Waals surface area contributed by atoms with Crippen LogP contribution in [-0.4, -0.2) is 19.8 Å². The summed E-state index contributed by atoms with van der Waals surface area (Å²) in [6.45, 7) is 0. The number of tetrazole rings is 1. The highest BCUT2D eigenvalue weighted by atomic mass is 127. The molecule has 78 valence electrons. The summed E-state index contributed by atoms with van der Waals surface area (Å²) < 4.78 is 15.7. The molecule has 15 heavy (non-hydrogen) atoms. The molecule has 0 saturated heterocycles. The summed E-state index contributed by atoms with van der Waals surface area (Å²) >= 11 is 1.82. The molecule has 0 radical (unpaired) electrons. The van der Waals surface area contributed by atoms with E-state index in [0.717, 1.165) is 9.36 Å². The highest BCUT2D eigenvalue weighted by molar-refractivity contribution is 14.1. The predicted octanol–water partition coefficient (Wildman–Crippen LogP) is 0.710.